The van der Waals surface area contributed by atoms with E-state index in [1.54, 1.807) is 11.3 Å². The SMILES string of the molecule is Cc1cccc(NC(=O)C[C@H](c2cccs2)N2Cc3ccccc3C2=O)c1C. The molecule has 142 valence electrons. The number of amides is 2. The molecule has 0 aliphatic carbocycles. The van der Waals surface area contributed by atoms with E-state index in [0.29, 0.717) is 6.54 Å². The molecule has 0 saturated heterocycles. The number of carbonyl (C=O) groups excluding carboxylic acids is 2. The fraction of sp³-hybridized carbons (Fsp3) is 0.217. The second-order valence-corrected chi connectivity index (χ2v) is 8.10. The van der Waals surface area contributed by atoms with Crippen LogP contribution in [0, 0.1) is 13.8 Å². The number of hydrogen-bond acceptors (Lipinski definition) is 3. The summed E-state index contributed by atoms with van der Waals surface area (Å²) in [5.41, 5.74) is 4.78. The Kier molecular flexibility index (Phi) is 5.01. The molecule has 1 aromatic heterocycles. The van der Waals surface area contributed by atoms with E-state index in [2.05, 4.69) is 5.32 Å². The largest absolute Gasteiger partial charge is 0.326 e. The second kappa shape index (κ2) is 7.60. The van der Waals surface area contributed by atoms with Gasteiger partial charge in [-0.25, -0.2) is 0 Å². The number of nitrogens with one attached hydrogen (secondary N) is 1. The molecule has 0 saturated carbocycles. The zero-order valence-corrected chi connectivity index (χ0v) is 16.8. The van der Waals surface area contributed by atoms with Crippen molar-refractivity contribution in [3.63, 3.8) is 0 Å². The molecule has 1 N–H and O–H groups in total. The first-order chi connectivity index (χ1) is 13.5. The Bertz CT molecular complexity index is 1030. The van der Waals surface area contributed by atoms with Gasteiger partial charge < -0.3 is 10.2 Å². The summed E-state index contributed by atoms with van der Waals surface area (Å²) in [5.74, 6) is -0.0932. The molecule has 1 aliphatic heterocycles. The van der Waals surface area contributed by atoms with Crippen LogP contribution in [0.1, 0.15) is 44.4 Å². The van der Waals surface area contributed by atoms with Crippen molar-refractivity contribution in [3.8, 4) is 0 Å². The van der Waals surface area contributed by atoms with Crippen LogP contribution in [0.2, 0.25) is 0 Å². The fourth-order valence-corrected chi connectivity index (χ4v) is 4.48. The van der Waals surface area contributed by atoms with E-state index in [9.17, 15) is 9.59 Å². The summed E-state index contributed by atoms with van der Waals surface area (Å²) in [5, 5.41) is 5.02. The summed E-state index contributed by atoms with van der Waals surface area (Å²) in [6, 6.07) is 17.2. The van der Waals surface area contributed by atoms with E-state index in [0.717, 1.165) is 32.8 Å². The first-order valence-electron chi connectivity index (χ1n) is 9.33. The summed E-state index contributed by atoms with van der Waals surface area (Å²) in [6.07, 6.45) is 0.230. The van der Waals surface area contributed by atoms with Crippen LogP contribution in [0.3, 0.4) is 0 Å². The minimum atomic E-state index is -0.273. The molecule has 2 aromatic carbocycles. The maximum Gasteiger partial charge on any atom is 0.255 e. The number of fused-ring (bicyclic) bond motifs is 1. The minimum Gasteiger partial charge on any atom is -0.326 e. The molecular formula is C23H22N2O2S. The molecule has 4 rings (SSSR count). The maximum atomic E-state index is 13.0. The average molecular weight is 391 g/mol. The topological polar surface area (TPSA) is 49.4 Å². The van der Waals surface area contributed by atoms with Crippen molar-refractivity contribution in [2.24, 2.45) is 0 Å². The van der Waals surface area contributed by atoms with Crippen LogP contribution in [-0.4, -0.2) is 16.7 Å². The molecule has 5 heteroatoms. The highest BCUT2D eigenvalue weighted by molar-refractivity contribution is 7.10. The number of anilines is 1. The Morgan fingerprint density at radius 2 is 1.93 bits per heavy atom. The van der Waals surface area contributed by atoms with Gasteiger partial charge in [0.1, 0.15) is 0 Å². The Labute approximate surface area is 168 Å². The van der Waals surface area contributed by atoms with Crippen molar-refractivity contribution in [2.75, 3.05) is 5.32 Å². The summed E-state index contributed by atoms with van der Waals surface area (Å²) in [7, 11) is 0. The third-order valence-electron chi connectivity index (χ3n) is 5.35. The van der Waals surface area contributed by atoms with Crippen LogP contribution in [-0.2, 0) is 11.3 Å². The lowest BCUT2D eigenvalue weighted by Gasteiger charge is -2.27. The van der Waals surface area contributed by atoms with Gasteiger partial charge in [-0.1, -0.05) is 36.4 Å². The van der Waals surface area contributed by atoms with E-state index >= 15 is 0 Å². The van der Waals surface area contributed by atoms with Gasteiger partial charge in [0.15, 0.2) is 0 Å². The number of nitrogens with zero attached hydrogens (tertiary/aromatic N) is 1. The molecule has 4 nitrogen and oxygen atoms in total. The van der Waals surface area contributed by atoms with E-state index in [1.165, 1.54) is 0 Å². The van der Waals surface area contributed by atoms with Gasteiger partial charge in [-0.15, -0.1) is 11.3 Å². The third kappa shape index (κ3) is 3.45. The molecule has 1 atom stereocenters. The molecule has 1 aliphatic rings. The molecule has 2 heterocycles. The fourth-order valence-electron chi connectivity index (χ4n) is 3.64. The molecule has 28 heavy (non-hydrogen) atoms. The van der Waals surface area contributed by atoms with Gasteiger partial charge >= 0.3 is 0 Å². The van der Waals surface area contributed by atoms with E-state index < -0.39 is 0 Å². The Morgan fingerprint density at radius 1 is 1.11 bits per heavy atom. The van der Waals surface area contributed by atoms with Gasteiger partial charge in [-0.2, -0.15) is 0 Å². The Balaban J connectivity index is 1.57. The summed E-state index contributed by atoms with van der Waals surface area (Å²) in [4.78, 5) is 28.7. The van der Waals surface area contributed by atoms with Gasteiger partial charge in [0, 0.05) is 22.7 Å². The molecule has 2 amide bonds. The van der Waals surface area contributed by atoms with Gasteiger partial charge in [0.05, 0.1) is 12.5 Å². The normalized spacial score (nSPS) is 14.1. The number of aryl methyl sites for hydroxylation is 1. The van der Waals surface area contributed by atoms with Crippen molar-refractivity contribution in [2.45, 2.75) is 32.9 Å². The first-order valence-corrected chi connectivity index (χ1v) is 10.2. The van der Waals surface area contributed by atoms with Gasteiger partial charge in [0.2, 0.25) is 5.91 Å². The molecule has 0 unspecified atom stereocenters. The minimum absolute atomic E-state index is 0.00599. The quantitative estimate of drug-likeness (QED) is 0.660. The predicted octanol–water partition coefficient (Wildman–Crippen LogP) is 5.09. The van der Waals surface area contributed by atoms with Crippen molar-refractivity contribution in [3.05, 3.63) is 87.1 Å². The van der Waals surface area contributed by atoms with Gasteiger partial charge in [0.25, 0.3) is 5.91 Å². The van der Waals surface area contributed by atoms with Crippen LogP contribution < -0.4 is 5.32 Å². The van der Waals surface area contributed by atoms with Crippen molar-refractivity contribution in [1.82, 2.24) is 4.90 Å². The number of rotatable bonds is 5. The summed E-state index contributed by atoms with van der Waals surface area (Å²) < 4.78 is 0. The number of thiophene rings is 1. The molecule has 0 spiro atoms. The van der Waals surface area contributed by atoms with Crippen molar-refractivity contribution in [1.29, 1.82) is 0 Å². The highest BCUT2D eigenvalue weighted by Crippen LogP contribution is 2.35. The number of benzene rings is 2. The maximum absolute atomic E-state index is 13.0. The Hall–Kier alpha value is -2.92. The standard InChI is InChI=1S/C23H22N2O2S/c1-15-7-5-10-19(16(15)2)24-22(26)13-20(21-11-6-12-28-21)25-14-17-8-3-4-9-18(17)23(25)27/h3-12,20H,13-14H2,1-2H3,(H,24,26)/t20-/m1/s1. The summed E-state index contributed by atoms with van der Waals surface area (Å²) in [6.45, 7) is 4.57. The van der Waals surface area contributed by atoms with Crippen LogP contribution in [0.4, 0.5) is 5.69 Å². The van der Waals surface area contributed by atoms with Crippen molar-refractivity contribution >= 4 is 28.8 Å². The van der Waals surface area contributed by atoms with Gasteiger partial charge in [-0.05, 0) is 54.1 Å². The summed E-state index contributed by atoms with van der Waals surface area (Å²) >= 11 is 1.58. The molecule has 0 radical (unpaired) electrons. The van der Waals surface area contributed by atoms with Gasteiger partial charge in [-0.3, -0.25) is 9.59 Å². The Morgan fingerprint density at radius 3 is 2.68 bits per heavy atom. The number of carbonyl (C=O) groups is 2. The highest BCUT2D eigenvalue weighted by Gasteiger charge is 2.34. The zero-order valence-electron chi connectivity index (χ0n) is 15.9. The first kappa shape index (κ1) is 18.4. The molecule has 3 aromatic rings. The molecule has 0 fully saturated rings. The van der Waals surface area contributed by atoms with E-state index in [1.807, 2.05) is 78.7 Å². The monoisotopic (exact) mass is 390 g/mol. The highest BCUT2D eigenvalue weighted by atomic mass is 32.1. The second-order valence-electron chi connectivity index (χ2n) is 7.12. The van der Waals surface area contributed by atoms with Crippen LogP contribution >= 0.6 is 11.3 Å². The smallest absolute Gasteiger partial charge is 0.255 e. The van der Waals surface area contributed by atoms with E-state index in [4.69, 9.17) is 0 Å². The lowest BCUT2D eigenvalue weighted by atomic mass is 10.1. The number of hydrogen-bond donors (Lipinski definition) is 1. The molecular weight excluding hydrogens is 368 g/mol. The lowest BCUT2D eigenvalue weighted by molar-refractivity contribution is -0.117. The predicted molar refractivity (Wildman–Crippen MR) is 113 cm³/mol. The van der Waals surface area contributed by atoms with Crippen LogP contribution in [0.5, 0.6) is 0 Å². The average Bonchev–Trinajstić information content (AvgIpc) is 3.33. The zero-order chi connectivity index (χ0) is 19.7. The van der Waals surface area contributed by atoms with Crippen LogP contribution in [0.15, 0.2) is 60.0 Å². The van der Waals surface area contributed by atoms with Crippen LogP contribution in [0.25, 0.3) is 0 Å². The third-order valence-corrected chi connectivity index (χ3v) is 6.33. The lowest BCUT2D eigenvalue weighted by Crippen LogP contribution is -2.31. The molecule has 0 bridgehead atoms. The van der Waals surface area contributed by atoms with E-state index in [-0.39, 0.29) is 24.3 Å². The van der Waals surface area contributed by atoms with Crippen molar-refractivity contribution < 1.29 is 9.59 Å².